The molecule has 2 aliphatic heterocycles. The molecule has 29 heavy (non-hydrogen) atoms. The fourth-order valence-electron chi connectivity index (χ4n) is 4.17. The van der Waals surface area contributed by atoms with Crippen molar-refractivity contribution >= 4 is 23.1 Å². The largest absolute Gasteiger partial charge is 0.369 e. The Kier molecular flexibility index (Phi) is 5.90. The number of anilines is 2. The molecule has 2 aliphatic rings. The molecule has 0 radical (unpaired) electrons. The maximum absolute atomic E-state index is 13.1. The van der Waals surface area contributed by atoms with E-state index in [-0.39, 0.29) is 17.5 Å². The third kappa shape index (κ3) is 4.65. The number of piperazine rings is 1. The minimum atomic E-state index is -0.209. The molecule has 1 fully saturated rings. The van der Waals surface area contributed by atoms with E-state index in [2.05, 4.69) is 15.1 Å². The first kappa shape index (κ1) is 19.6. The van der Waals surface area contributed by atoms with E-state index in [9.17, 15) is 14.0 Å². The van der Waals surface area contributed by atoms with Crippen LogP contribution < -0.4 is 10.2 Å². The molecule has 0 aromatic heterocycles. The van der Waals surface area contributed by atoms with Crippen LogP contribution in [0.5, 0.6) is 0 Å². The summed E-state index contributed by atoms with van der Waals surface area (Å²) in [4.78, 5) is 28.9. The molecule has 0 aliphatic carbocycles. The number of nitrogens with one attached hydrogen (secondary N) is 1. The summed E-state index contributed by atoms with van der Waals surface area (Å²) >= 11 is 0. The van der Waals surface area contributed by atoms with Gasteiger partial charge in [0.05, 0.1) is 0 Å². The maximum Gasteiger partial charge on any atom is 0.224 e. The second-order valence-corrected chi connectivity index (χ2v) is 7.71. The van der Waals surface area contributed by atoms with E-state index in [1.165, 1.54) is 12.1 Å². The Morgan fingerprint density at radius 3 is 2.52 bits per heavy atom. The summed E-state index contributed by atoms with van der Waals surface area (Å²) in [7, 11) is 0. The Balaban J connectivity index is 1.25. The van der Waals surface area contributed by atoms with Gasteiger partial charge in [-0.2, -0.15) is 0 Å². The smallest absolute Gasteiger partial charge is 0.224 e. The Morgan fingerprint density at radius 1 is 1.00 bits per heavy atom. The molecule has 1 amide bonds. The summed E-state index contributed by atoms with van der Waals surface area (Å²) in [6.07, 6.45) is 2.41. The van der Waals surface area contributed by atoms with Crippen molar-refractivity contribution in [1.29, 1.82) is 0 Å². The van der Waals surface area contributed by atoms with Crippen LogP contribution in [0.4, 0.5) is 15.8 Å². The Morgan fingerprint density at radius 2 is 1.76 bits per heavy atom. The number of carbonyl (C=O) groups is 2. The van der Waals surface area contributed by atoms with Gasteiger partial charge in [0.15, 0.2) is 5.78 Å². The Hall–Kier alpha value is -2.73. The van der Waals surface area contributed by atoms with E-state index in [0.717, 1.165) is 61.6 Å². The van der Waals surface area contributed by atoms with Gasteiger partial charge in [-0.15, -0.1) is 0 Å². The first-order valence-electron chi connectivity index (χ1n) is 10.3. The summed E-state index contributed by atoms with van der Waals surface area (Å²) in [5, 5.41) is 2.86. The lowest BCUT2D eigenvalue weighted by molar-refractivity contribution is -0.116. The highest BCUT2D eigenvalue weighted by Gasteiger charge is 2.21. The van der Waals surface area contributed by atoms with Crippen molar-refractivity contribution < 1.29 is 14.0 Å². The van der Waals surface area contributed by atoms with Crippen LogP contribution in [-0.4, -0.2) is 49.3 Å². The number of carbonyl (C=O) groups excluding carboxylic acids is 2. The van der Waals surface area contributed by atoms with E-state index in [1.807, 2.05) is 30.3 Å². The molecule has 4 rings (SSSR count). The summed E-state index contributed by atoms with van der Waals surface area (Å²) < 4.78 is 13.1. The Bertz CT molecular complexity index is 889. The Labute approximate surface area is 170 Å². The number of ketones is 1. The third-order valence-corrected chi connectivity index (χ3v) is 5.79. The van der Waals surface area contributed by atoms with E-state index >= 15 is 0 Å². The topological polar surface area (TPSA) is 52.7 Å². The summed E-state index contributed by atoms with van der Waals surface area (Å²) in [5.74, 6) is -0.0380. The highest BCUT2D eigenvalue weighted by atomic mass is 19.1. The lowest BCUT2D eigenvalue weighted by Gasteiger charge is -2.36. The van der Waals surface area contributed by atoms with Gasteiger partial charge in [0, 0.05) is 56.0 Å². The second-order valence-electron chi connectivity index (χ2n) is 7.71. The molecule has 0 unspecified atom stereocenters. The van der Waals surface area contributed by atoms with Crippen LogP contribution in [0, 0.1) is 5.82 Å². The van der Waals surface area contributed by atoms with Gasteiger partial charge in [0.2, 0.25) is 5.91 Å². The molecule has 1 N–H and O–H groups in total. The normalized spacial score (nSPS) is 17.0. The zero-order chi connectivity index (χ0) is 20.2. The van der Waals surface area contributed by atoms with Crippen LogP contribution in [0.1, 0.15) is 35.2 Å². The summed E-state index contributed by atoms with van der Waals surface area (Å²) in [6.45, 7) is 4.60. The second kappa shape index (κ2) is 8.74. The number of benzene rings is 2. The molecule has 152 valence electrons. The first-order chi connectivity index (χ1) is 14.1. The number of halogens is 1. The minimum Gasteiger partial charge on any atom is -0.369 e. The maximum atomic E-state index is 13.1. The van der Waals surface area contributed by atoms with Crippen molar-refractivity contribution in [2.24, 2.45) is 0 Å². The van der Waals surface area contributed by atoms with Gasteiger partial charge in [0.1, 0.15) is 5.82 Å². The van der Waals surface area contributed by atoms with E-state index < -0.39 is 0 Å². The van der Waals surface area contributed by atoms with Crippen LogP contribution in [0.15, 0.2) is 42.5 Å². The van der Waals surface area contributed by atoms with Crippen molar-refractivity contribution in [3.63, 3.8) is 0 Å². The van der Waals surface area contributed by atoms with Crippen molar-refractivity contribution in [1.82, 2.24) is 4.90 Å². The predicted molar refractivity (Wildman–Crippen MR) is 112 cm³/mol. The van der Waals surface area contributed by atoms with Crippen LogP contribution in [0.3, 0.4) is 0 Å². The fourth-order valence-corrected chi connectivity index (χ4v) is 4.17. The highest BCUT2D eigenvalue weighted by molar-refractivity contribution is 6.02. The molecule has 2 aromatic carbocycles. The average Bonchev–Trinajstić information content (AvgIpc) is 2.74. The van der Waals surface area contributed by atoms with E-state index in [0.29, 0.717) is 19.3 Å². The lowest BCUT2D eigenvalue weighted by Crippen LogP contribution is -2.46. The molecule has 0 bridgehead atoms. The van der Waals surface area contributed by atoms with Crippen molar-refractivity contribution in [3.8, 4) is 0 Å². The summed E-state index contributed by atoms with van der Waals surface area (Å²) in [6, 6.07) is 12.2. The van der Waals surface area contributed by atoms with Crippen LogP contribution >= 0.6 is 0 Å². The quantitative estimate of drug-likeness (QED) is 0.761. The van der Waals surface area contributed by atoms with Crippen molar-refractivity contribution in [3.05, 3.63) is 59.4 Å². The molecule has 2 aromatic rings. The lowest BCUT2D eigenvalue weighted by atomic mass is 9.93. The van der Waals surface area contributed by atoms with E-state index in [1.54, 1.807) is 0 Å². The van der Waals surface area contributed by atoms with Crippen LogP contribution in [-0.2, 0) is 11.2 Å². The van der Waals surface area contributed by atoms with Gasteiger partial charge >= 0.3 is 0 Å². The summed E-state index contributed by atoms with van der Waals surface area (Å²) in [5.41, 5.74) is 3.57. The van der Waals surface area contributed by atoms with Gasteiger partial charge in [-0.05, 0) is 55.3 Å². The number of amides is 1. The van der Waals surface area contributed by atoms with Crippen molar-refractivity contribution in [2.45, 2.75) is 25.7 Å². The molecule has 0 saturated carbocycles. The number of nitrogens with zero attached hydrogens (tertiary/aromatic N) is 2. The highest BCUT2D eigenvalue weighted by Crippen LogP contribution is 2.27. The number of Topliss-reactive ketones (excluding diaryl/α,β-unsaturated/α-hetero) is 1. The van der Waals surface area contributed by atoms with E-state index in [4.69, 9.17) is 0 Å². The molecule has 6 heteroatoms. The molecule has 1 saturated heterocycles. The van der Waals surface area contributed by atoms with Gasteiger partial charge in [0.25, 0.3) is 0 Å². The molecule has 0 atom stereocenters. The molecule has 2 heterocycles. The zero-order valence-corrected chi connectivity index (χ0v) is 16.5. The minimum absolute atomic E-state index is 0.0156. The molecule has 0 spiro atoms. The molecular formula is C23H26FN3O2. The number of fused-ring (bicyclic) bond motifs is 1. The average molecular weight is 395 g/mol. The first-order valence-corrected chi connectivity index (χ1v) is 10.3. The molecular weight excluding hydrogens is 369 g/mol. The fraction of sp³-hybridized carbons (Fsp3) is 0.391. The van der Waals surface area contributed by atoms with Gasteiger partial charge in [-0.3, -0.25) is 14.5 Å². The number of rotatable bonds is 6. The zero-order valence-electron chi connectivity index (χ0n) is 16.5. The van der Waals surface area contributed by atoms with Crippen molar-refractivity contribution in [2.75, 3.05) is 42.9 Å². The molecule has 5 nitrogen and oxygen atoms in total. The number of hydrogen-bond acceptors (Lipinski definition) is 4. The third-order valence-electron chi connectivity index (χ3n) is 5.79. The monoisotopic (exact) mass is 395 g/mol. The van der Waals surface area contributed by atoms with Gasteiger partial charge in [-0.25, -0.2) is 4.39 Å². The van der Waals surface area contributed by atoms with Gasteiger partial charge < -0.3 is 10.2 Å². The predicted octanol–water partition coefficient (Wildman–Crippen LogP) is 3.50. The number of hydrogen-bond donors (Lipinski definition) is 1. The van der Waals surface area contributed by atoms with Gasteiger partial charge in [-0.1, -0.05) is 12.1 Å². The van der Waals surface area contributed by atoms with Crippen LogP contribution in [0.25, 0.3) is 0 Å². The standard InChI is InChI=1S/C23H26FN3O2/c24-17-6-8-18(9-7-17)27-15-13-26(14-16-27)12-2-5-22(28)20-3-1-4-21-19(20)10-11-23(29)25-21/h1,3-4,6-9H,2,5,10-16H2,(H,25,29). The van der Waals surface area contributed by atoms with Crippen LogP contribution in [0.2, 0.25) is 0 Å². The SMILES string of the molecule is O=C1CCc2c(cccc2C(=O)CCCN2CCN(c3ccc(F)cc3)CC2)N1.